The minimum Gasteiger partial charge on any atom is -0.491 e. The van der Waals surface area contributed by atoms with Crippen LogP contribution in [0.2, 0.25) is 5.02 Å². The van der Waals surface area contributed by atoms with Crippen molar-refractivity contribution in [2.24, 2.45) is 11.8 Å². The second-order valence-corrected chi connectivity index (χ2v) is 13.8. The highest BCUT2D eigenvalue weighted by Gasteiger charge is 2.20. The number of aromatic nitrogens is 2. The Bertz CT molecular complexity index is 1250. The van der Waals surface area contributed by atoms with E-state index in [0.717, 1.165) is 72.2 Å². The lowest BCUT2D eigenvalue weighted by Gasteiger charge is -2.28. The molecule has 6 nitrogen and oxygen atoms in total. The average Bonchev–Trinajstić information content (AvgIpc) is 3.41. The molecule has 1 saturated heterocycles. The first-order valence-corrected chi connectivity index (χ1v) is 17.8. The summed E-state index contributed by atoms with van der Waals surface area (Å²) in [7, 11) is 4.35. The van der Waals surface area contributed by atoms with Gasteiger partial charge in [0.15, 0.2) is 0 Å². The first kappa shape index (κ1) is 33.1. The van der Waals surface area contributed by atoms with Crippen LogP contribution >= 0.6 is 11.6 Å². The lowest BCUT2D eigenvalue weighted by molar-refractivity contribution is 0.209. The van der Waals surface area contributed by atoms with E-state index in [2.05, 4.69) is 47.1 Å². The van der Waals surface area contributed by atoms with Gasteiger partial charge in [0, 0.05) is 17.6 Å². The number of ether oxygens (including phenoxy) is 2. The quantitative estimate of drug-likeness (QED) is 0.152. The Labute approximate surface area is 270 Å². The van der Waals surface area contributed by atoms with E-state index in [1.54, 1.807) is 0 Å². The number of benzene rings is 2. The van der Waals surface area contributed by atoms with Gasteiger partial charge in [-0.15, -0.1) is 0 Å². The molecule has 0 radical (unpaired) electrons. The van der Waals surface area contributed by atoms with Gasteiger partial charge < -0.3 is 24.3 Å². The molecule has 1 aliphatic carbocycles. The van der Waals surface area contributed by atoms with Gasteiger partial charge in [-0.05, 0) is 127 Å². The molecule has 0 unspecified atom stereocenters. The Balaban J connectivity index is 1.14. The van der Waals surface area contributed by atoms with E-state index >= 15 is 0 Å². The Hall–Kier alpha value is -2.28. The molecule has 2 fully saturated rings. The minimum atomic E-state index is 0.418. The third-order valence-electron chi connectivity index (χ3n) is 10.1. The number of imidazole rings is 1. The van der Waals surface area contributed by atoms with Gasteiger partial charge in [0.1, 0.15) is 29.4 Å². The molecule has 0 spiro atoms. The summed E-state index contributed by atoms with van der Waals surface area (Å²) in [4.78, 5) is 7.55. The van der Waals surface area contributed by atoms with Gasteiger partial charge in [-0.1, -0.05) is 56.2 Å². The Morgan fingerprint density at radius 3 is 2.25 bits per heavy atom. The van der Waals surface area contributed by atoms with Crippen LogP contribution in [0.4, 0.5) is 0 Å². The van der Waals surface area contributed by atoms with Crippen molar-refractivity contribution in [1.82, 2.24) is 19.8 Å². The van der Waals surface area contributed by atoms with Gasteiger partial charge in [0.25, 0.3) is 0 Å². The van der Waals surface area contributed by atoms with Crippen LogP contribution < -0.4 is 14.8 Å². The number of unbranched alkanes of at least 4 members (excludes halogenated alkanes) is 4. The molecule has 0 amide bonds. The molecular formula is C37H55ClN4O2. The smallest absolute Gasteiger partial charge is 0.148 e. The molecule has 1 saturated carbocycles. The number of likely N-dealkylation sites (tertiary alicyclic amines) is 1. The van der Waals surface area contributed by atoms with Crippen LogP contribution in [0.15, 0.2) is 42.5 Å². The molecule has 3 aromatic rings. The molecule has 2 aliphatic rings. The van der Waals surface area contributed by atoms with E-state index in [-0.39, 0.29) is 0 Å². The maximum atomic E-state index is 6.36. The summed E-state index contributed by atoms with van der Waals surface area (Å²) in [5, 5.41) is 4.16. The van der Waals surface area contributed by atoms with Gasteiger partial charge in [0.2, 0.25) is 0 Å². The van der Waals surface area contributed by atoms with Gasteiger partial charge >= 0.3 is 0 Å². The predicted octanol–water partition coefficient (Wildman–Crippen LogP) is 8.89. The number of rotatable bonds is 17. The van der Waals surface area contributed by atoms with Crippen molar-refractivity contribution in [2.75, 3.05) is 33.8 Å². The van der Waals surface area contributed by atoms with E-state index in [4.69, 9.17) is 26.1 Å². The monoisotopic (exact) mass is 622 g/mol. The first-order chi connectivity index (χ1) is 21.6. The molecule has 2 aromatic carbocycles. The van der Waals surface area contributed by atoms with Gasteiger partial charge in [0.05, 0.1) is 12.1 Å². The predicted molar refractivity (Wildman–Crippen MR) is 183 cm³/mol. The highest BCUT2D eigenvalue weighted by molar-refractivity contribution is 6.30. The van der Waals surface area contributed by atoms with Crippen LogP contribution in [0.25, 0.3) is 11.0 Å². The van der Waals surface area contributed by atoms with Crippen LogP contribution in [0.5, 0.6) is 11.5 Å². The maximum absolute atomic E-state index is 6.36. The fourth-order valence-corrected chi connectivity index (χ4v) is 7.31. The summed E-state index contributed by atoms with van der Waals surface area (Å²) >= 11 is 6.09. The van der Waals surface area contributed by atoms with Crippen LogP contribution in [-0.2, 0) is 13.2 Å². The number of nitrogens with one attached hydrogen (secondary N) is 1. The van der Waals surface area contributed by atoms with Crippen molar-refractivity contribution >= 4 is 22.6 Å². The summed E-state index contributed by atoms with van der Waals surface area (Å²) in [6.07, 6.45) is 18.2. The molecule has 44 heavy (non-hydrogen) atoms. The zero-order valence-electron chi connectivity index (χ0n) is 27.2. The second-order valence-electron chi connectivity index (χ2n) is 13.3. The number of aryl methyl sites for hydroxylation is 1. The SMILES string of the molecule is CNC1CCC(CCCCCOc2cccc3c2nc(COc2ccc(Cl)cc2)n3CCCCCC2CCN(C)CC2)CC1. The number of para-hydroxylation sites is 1. The van der Waals surface area contributed by atoms with Gasteiger partial charge in [-0.25, -0.2) is 4.98 Å². The highest BCUT2D eigenvalue weighted by atomic mass is 35.5. The second kappa shape index (κ2) is 17.4. The summed E-state index contributed by atoms with van der Waals surface area (Å²) < 4.78 is 14.9. The summed E-state index contributed by atoms with van der Waals surface area (Å²) in [5.74, 6) is 4.47. The van der Waals surface area contributed by atoms with Crippen LogP contribution in [-0.4, -0.2) is 54.3 Å². The molecule has 0 bridgehead atoms. The Kier molecular flexibility index (Phi) is 13.1. The lowest BCUT2D eigenvalue weighted by Crippen LogP contribution is -2.30. The third kappa shape index (κ3) is 9.86. The molecule has 1 aromatic heterocycles. The van der Waals surface area contributed by atoms with E-state index in [1.807, 2.05) is 24.3 Å². The third-order valence-corrected chi connectivity index (χ3v) is 10.4. The maximum Gasteiger partial charge on any atom is 0.148 e. The number of halogens is 1. The summed E-state index contributed by atoms with van der Waals surface area (Å²) in [5.41, 5.74) is 2.10. The number of hydrogen-bond acceptors (Lipinski definition) is 5. The van der Waals surface area contributed by atoms with Crippen molar-refractivity contribution in [3.05, 3.63) is 53.3 Å². The largest absolute Gasteiger partial charge is 0.491 e. The number of hydrogen-bond donors (Lipinski definition) is 1. The van der Waals surface area contributed by atoms with Crippen molar-refractivity contribution in [3.63, 3.8) is 0 Å². The molecule has 7 heteroatoms. The summed E-state index contributed by atoms with van der Waals surface area (Å²) in [6.45, 7) is 4.62. The van der Waals surface area contributed by atoms with Crippen molar-refractivity contribution < 1.29 is 9.47 Å². The van der Waals surface area contributed by atoms with E-state index in [0.29, 0.717) is 11.6 Å². The summed E-state index contributed by atoms with van der Waals surface area (Å²) in [6, 6.07) is 14.7. The Morgan fingerprint density at radius 2 is 1.52 bits per heavy atom. The fourth-order valence-electron chi connectivity index (χ4n) is 7.19. The van der Waals surface area contributed by atoms with Crippen molar-refractivity contribution in [1.29, 1.82) is 0 Å². The fraction of sp³-hybridized carbons (Fsp3) is 0.649. The zero-order valence-corrected chi connectivity index (χ0v) is 28.0. The molecule has 2 heterocycles. The van der Waals surface area contributed by atoms with Crippen LogP contribution in [0.3, 0.4) is 0 Å². The highest BCUT2D eigenvalue weighted by Crippen LogP contribution is 2.30. The van der Waals surface area contributed by atoms with Crippen molar-refractivity contribution in [2.45, 2.75) is 109 Å². The van der Waals surface area contributed by atoms with E-state index < -0.39 is 0 Å². The molecular weight excluding hydrogens is 568 g/mol. The minimum absolute atomic E-state index is 0.418. The number of nitrogens with zero attached hydrogens (tertiary/aromatic N) is 3. The standard InChI is InChI=1S/C37H55ClN4O2/c1-39-32-18-14-29(15-19-32)10-6-4-8-27-43-35-13-9-12-34-37(35)40-36(28-44-33-20-16-31(38)17-21-33)42(34)24-7-3-5-11-30-22-25-41(2)26-23-30/h9,12-13,16-17,20-21,29-30,32,39H,3-8,10-11,14-15,18-19,22-28H2,1-2H3. The van der Waals surface area contributed by atoms with Gasteiger partial charge in [-0.3, -0.25) is 0 Å². The van der Waals surface area contributed by atoms with E-state index in [1.165, 1.54) is 90.1 Å². The number of piperidine rings is 1. The normalized spacial score (nSPS) is 19.9. The average molecular weight is 623 g/mol. The molecule has 1 aliphatic heterocycles. The number of fused-ring (bicyclic) bond motifs is 1. The lowest BCUT2D eigenvalue weighted by atomic mass is 9.83. The topological polar surface area (TPSA) is 51.5 Å². The Morgan fingerprint density at radius 1 is 0.818 bits per heavy atom. The van der Waals surface area contributed by atoms with Crippen molar-refractivity contribution in [3.8, 4) is 11.5 Å². The molecule has 5 rings (SSSR count). The van der Waals surface area contributed by atoms with Crippen LogP contribution in [0, 0.1) is 11.8 Å². The zero-order chi connectivity index (χ0) is 30.6. The van der Waals surface area contributed by atoms with Gasteiger partial charge in [-0.2, -0.15) is 0 Å². The molecule has 1 N–H and O–H groups in total. The molecule has 0 atom stereocenters. The molecule has 242 valence electrons. The van der Waals surface area contributed by atoms with E-state index in [9.17, 15) is 0 Å². The van der Waals surface area contributed by atoms with Crippen LogP contribution in [0.1, 0.15) is 95.7 Å². The first-order valence-electron chi connectivity index (χ1n) is 17.4.